The molecule has 0 saturated heterocycles. The van der Waals surface area contributed by atoms with E-state index in [0.29, 0.717) is 5.88 Å². The van der Waals surface area contributed by atoms with Crippen LogP contribution in [0.25, 0.3) is 0 Å². The van der Waals surface area contributed by atoms with Crippen molar-refractivity contribution in [3.05, 3.63) is 39.0 Å². The molecule has 0 aliphatic carbocycles. The quantitative estimate of drug-likeness (QED) is 0.773. The highest BCUT2D eigenvalue weighted by Gasteiger charge is 2.10. The monoisotopic (exact) mass is 399 g/mol. The third kappa shape index (κ3) is 3.70. The Bertz CT molecular complexity index is 605. The van der Waals surface area contributed by atoms with Crippen molar-refractivity contribution in [2.45, 2.75) is 20.3 Å². The summed E-state index contributed by atoms with van der Waals surface area (Å²) in [4.78, 5) is 8.36. The number of halogens is 2. The zero-order chi connectivity index (χ0) is 14.5. The van der Waals surface area contributed by atoms with Crippen molar-refractivity contribution >= 4 is 37.7 Å². The summed E-state index contributed by atoms with van der Waals surface area (Å²) in [6.45, 7) is 4.97. The van der Waals surface area contributed by atoms with Crippen molar-refractivity contribution in [1.29, 1.82) is 0 Å². The van der Waals surface area contributed by atoms with Crippen LogP contribution in [0, 0.1) is 6.92 Å². The lowest BCUT2D eigenvalue weighted by Gasteiger charge is -2.11. The molecule has 6 heteroatoms. The van der Waals surface area contributed by atoms with Crippen LogP contribution in [-0.2, 0) is 0 Å². The Labute approximate surface area is 135 Å². The zero-order valence-corrected chi connectivity index (χ0v) is 14.5. The summed E-state index contributed by atoms with van der Waals surface area (Å²) in [5.41, 5.74) is 1.11. The van der Waals surface area contributed by atoms with Crippen LogP contribution in [0.1, 0.15) is 18.9 Å². The molecule has 0 amide bonds. The lowest BCUT2D eigenvalue weighted by molar-refractivity contribution is 0.458. The number of nitrogens with zero attached hydrogens (tertiary/aromatic N) is 2. The molecule has 4 nitrogen and oxygen atoms in total. The number of aryl methyl sites for hydroxylation is 1. The highest BCUT2D eigenvalue weighted by molar-refractivity contribution is 9.11. The van der Waals surface area contributed by atoms with E-state index in [1.165, 1.54) is 6.33 Å². The van der Waals surface area contributed by atoms with Crippen molar-refractivity contribution in [2.75, 3.05) is 11.9 Å². The zero-order valence-electron chi connectivity index (χ0n) is 11.3. The summed E-state index contributed by atoms with van der Waals surface area (Å²) in [5, 5.41) is 3.22. The van der Waals surface area contributed by atoms with Gasteiger partial charge >= 0.3 is 0 Å². The summed E-state index contributed by atoms with van der Waals surface area (Å²) in [7, 11) is 0. The topological polar surface area (TPSA) is 47.0 Å². The molecule has 1 N–H and O–H groups in total. The van der Waals surface area contributed by atoms with Crippen LogP contribution in [0.15, 0.2) is 33.5 Å². The Kier molecular flexibility index (Phi) is 5.37. The lowest BCUT2D eigenvalue weighted by Crippen LogP contribution is -2.04. The summed E-state index contributed by atoms with van der Waals surface area (Å²) >= 11 is 6.95. The van der Waals surface area contributed by atoms with E-state index < -0.39 is 0 Å². The van der Waals surface area contributed by atoms with Crippen molar-refractivity contribution in [3.8, 4) is 11.6 Å². The minimum Gasteiger partial charge on any atom is -0.438 e. The molecule has 0 atom stereocenters. The number of nitrogens with one attached hydrogen (secondary N) is 1. The molecule has 0 bridgehead atoms. The van der Waals surface area contributed by atoms with E-state index >= 15 is 0 Å². The number of ether oxygens (including phenoxy) is 1. The molecule has 106 valence electrons. The largest absolute Gasteiger partial charge is 0.438 e. The number of aromatic nitrogens is 2. The molecule has 0 unspecified atom stereocenters. The van der Waals surface area contributed by atoms with Crippen LogP contribution in [0.3, 0.4) is 0 Å². The standard InChI is InChI=1S/C14H15Br2N3O/c1-3-6-17-13-12(16)14(19-8-18-13)20-10-4-5-11(15)9(2)7-10/h4-5,7-8H,3,6H2,1-2H3,(H,17,18,19). The van der Waals surface area contributed by atoms with E-state index in [0.717, 1.165) is 39.0 Å². The van der Waals surface area contributed by atoms with Gasteiger partial charge in [-0.3, -0.25) is 0 Å². The van der Waals surface area contributed by atoms with Gasteiger partial charge in [-0.05, 0) is 53.0 Å². The molecule has 0 saturated carbocycles. The number of benzene rings is 1. The second-order valence-electron chi connectivity index (χ2n) is 4.28. The summed E-state index contributed by atoms with van der Waals surface area (Å²) in [5.74, 6) is 1.98. The molecule has 1 aromatic heterocycles. The third-order valence-corrected chi connectivity index (χ3v) is 4.25. The maximum Gasteiger partial charge on any atom is 0.238 e. The highest BCUT2D eigenvalue weighted by Crippen LogP contribution is 2.33. The SMILES string of the molecule is CCCNc1ncnc(Oc2ccc(Br)c(C)c2)c1Br. The Morgan fingerprint density at radius 3 is 2.75 bits per heavy atom. The molecule has 2 rings (SSSR count). The van der Waals surface area contributed by atoms with Crippen LogP contribution in [0.4, 0.5) is 5.82 Å². The minimum absolute atomic E-state index is 0.500. The lowest BCUT2D eigenvalue weighted by atomic mass is 10.2. The van der Waals surface area contributed by atoms with Gasteiger partial charge in [0.2, 0.25) is 5.88 Å². The molecule has 0 fully saturated rings. The fourth-order valence-electron chi connectivity index (χ4n) is 1.58. The smallest absolute Gasteiger partial charge is 0.238 e. The molecule has 20 heavy (non-hydrogen) atoms. The van der Waals surface area contributed by atoms with Gasteiger partial charge in [0.15, 0.2) is 0 Å². The van der Waals surface area contributed by atoms with Gasteiger partial charge in [-0.1, -0.05) is 22.9 Å². The minimum atomic E-state index is 0.500. The van der Waals surface area contributed by atoms with Crippen LogP contribution in [0.2, 0.25) is 0 Å². The molecule has 2 aromatic rings. The summed E-state index contributed by atoms with van der Waals surface area (Å²) in [6.07, 6.45) is 2.52. The predicted octanol–water partition coefficient (Wildman–Crippen LogP) is 4.92. The summed E-state index contributed by atoms with van der Waals surface area (Å²) in [6, 6.07) is 5.80. The van der Waals surface area contributed by atoms with Gasteiger partial charge in [0, 0.05) is 11.0 Å². The van der Waals surface area contributed by atoms with Crippen molar-refractivity contribution in [1.82, 2.24) is 9.97 Å². The average molecular weight is 401 g/mol. The molecule has 0 spiro atoms. The second kappa shape index (κ2) is 7.04. The first-order valence-corrected chi connectivity index (χ1v) is 7.88. The van der Waals surface area contributed by atoms with E-state index in [1.54, 1.807) is 0 Å². The normalized spacial score (nSPS) is 10.4. The van der Waals surface area contributed by atoms with Gasteiger partial charge in [0.25, 0.3) is 0 Å². The number of hydrogen-bond donors (Lipinski definition) is 1. The predicted molar refractivity (Wildman–Crippen MR) is 87.5 cm³/mol. The fourth-order valence-corrected chi connectivity index (χ4v) is 2.26. The molecular weight excluding hydrogens is 386 g/mol. The van der Waals surface area contributed by atoms with Gasteiger partial charge in [-0.15, -0.1) is 0 Å². The Morgan fingerprint density at radius 2 is 2.05 bits per heavy atom. The Hall–Kier alpha value is -1.14. The van der Waals surface area contributed by atoms with Gasteiger partial charge in [-0.25, -0.2) is 9.97 Å². The van der Waals surface area contributed by atoms with Crippen LogP contribution < -0.4 is 10.1 Å². The second-order valence-corrected chi connectivity index (χ2v) is 5.93. The average Bonchev–Trinajstić information content (AvgIpc) is 2.44. The molecule has 0 aliphatic rings. The van der Waals surface area contributed by atoms with E-state index in [4.69, 9.17) is 4.74 Å². The van der Waals surface area contributed by atoms with Gasteiger partial charge in [-0.2, -0.15) is 0 Å². The highest BCUT2D eigenvalue weighted by atomic mass is 79.9. The maximum absolute atomic E-state index is 5.81. The number of hydrogen-bond acceptors (Lipinski definition) is 4. The van der Waals surface area contributed by atoms with Crippen LogP contribution in [-0.4, -0.2) is 16.5 Å². The number of rotatable bonds is 5. The Balaban J connectivity index is 2.22. The maximum atomic E-state index is 5.81. The molecule has 1 heterocycles. The van der Waals surface area contributed by atoms with E-state index in [9.17, 15) is 0 Å². The third-order valence-electron chi connectivity index (χ3n) is 2.64. The van der Waals surface area contributed by atoms with Crippen molar-refractivity contribution in [3.63, 3.8) is 0 Å². The first kappa shape index (κ1) is 15.3. The van der Waals surface area contributed by atoms with Crippen molar-refractivity contribution < 1.29 is 4.74 Å². The molecular formula is C14H15Br2N3O. The first-order valence-electron chi connectivity index (χ1n) is 6.30. The van der Waals surface area contributed by atoms with E-state index in [1.807, 2.05) is 25.1 Å². The summed E-state index contributed by atoms with van der Waals surface area (Å²) < 4.78 is 7.59. The van der Waals surface area contributed by atoms with Crippen molar-refractivity contribution in [2.24, 2.45) is 0 Å². The molecule has 0 radical (unpaired) electrons. The van der Waals surface area contributed by atoms with E-state index in [2.05, 4.69) is 54.1 Å². The van der Waals surface area contributed by atoms with Crippen LogP contribution >= 0.6 is 31.9 Å². The van der Waals surface area contributed by atoms with E-state index in [-0.39, 0.29) is 0 Å². The fraction of sp³-hybridized carbons (Fsp3) is 0.286. The Morgan fingerprint density at radius 1 is 1.25 bits per heavy atom. The van der Waals surface area contributed by atoms with Gasteiger partial charge in [0.1, 0.15) is 22.4 Å². The first-order chi connectivity index (χ1) is 9.61. The van der Waals surface area contributed by atoms with Gasteiger partial charge < -0.3 is 10.1 Å². The molecule has 1 aromatic carbocycles. The molecule has 0 aliphatic heterocycles. The number of anilines is 1. The van der Waals surface area contributed by atoms with Crippen LogP contribution in [0.5, 0.6) is 11.6 Å². The van der Waals surface area contributed by atoms with Gasteiger partial charge in [0.05, 0.1) is 0 Å².